The largest absolute Gasteiger partial charge is 0.497 e. The third-order valence-corrected chi connectivity index (χ3v) is 5.27. The molecule has 2 aromatic rings. The fourth-order valence-electron chi connectivity index (χ4n) is 3.87. The number of likely N-dealkylation sites (tertiary alicyclic amines) is 1. The van der Waals surface area contributed by atoms with Gasteiger partial charge in [0.1, 0.15) is 5.75 Å². The van der Waals surface area contributed by atoms with Gasteiger partial charge in [0.15, 0.2) is 5.76 Å². The van der Waals surface area contributed by atoms with Crippen LogP contribution in [0.25, 0.3) is 0 Å². The highest BCUT2D eigenvalue weighted by Crippen LogP contribution is 2.41. The van der Waals surface area contributed by atoms with Gasteiger partial charge in [0.2, 0.25) is 0 Å². The molecule has 1 aromatic carbocycles. The smallest absolute Gasteiger partial charge is 0.287 e. The number of hydrogen-bond donors (Lipinski definition) is 1. The monoisotopic (exact) mass is 340 g/mol. The molecule has 2 atom stereocenters. The topological polar surface area (TPSA) is 54.7 Å². The average Bonchev–Trinajstić information content (AvgIpc) is 3.25. The Morgan fingerprint density at radius 2 is 2.12 bits per heavy atom. The number of amides is 1. The van der Waals surface area contributed by atoms with Gasteiger partial charge in [-0.25, -0.2) is 0 Å². The lowest BCUT2D eigenvalue weighted by Crippen LogP contribution is -2.40. The van der Waals surface area contributed by atoms with Crippen LogP contribution in [0.2, 0.25) is 0 Å². The molecule has 5 heteroatoms. The molecule has 0 unspecified atom stereocenters. The first-order chi connectivity index (χ1) is 12.2. The number of ether oxygens (including phenoxy) is 1. The van der Waals surface area contributed by atoms with E-state index in [9.17, 15) is 4.79 Å². The fraction of sp³-hybridized carbons (Fsp3) is 0.450. The fourth-order valence-corrected chi connectivity index (χ4v) is 3.87. The minimum atomic E-state index is -0.127. The predicted octanol–water partition coefficient (Wildman–Crippen LogP) is 3.30. The number of nitrogens with zero attached hydrogens (tertiary/aromatic N) is 1. The number of aryl methyl sites for hydroxylation is 1. The van der Waals surface area contributed by atoms with Crippen LogP contribution in [0, 0.1) is 6.92 Å². The van der Waals surface area contributed by atoms with E-state index >= 15 is 0 Å². The molecule has 0 bridgehead atoms. The van der Waals surface area contributed by atoms with Gasteiger partial charge in [-0.1, -0.05) is 12.1 Å². The van der Waals surface area contributed by atoms with Crippen LogP contribution in [0.5, 0.6) is 5.75 Å². The first-order valence-electron chi connectivity index (χ1n) is 8.92. The van der Waals surface area contributed by atoms with Gasteiger partial charge in [0.25, 0.3) is 5.91 Å². The Balaban J connectivity index is 1.59. The molecule has 2 fully saturated rings. The van der Waals surface area contributed by atoms with Gasteiger partial charge < -0.3 is 14.5 Å². The molecule has 1 N–H and O–H groups in total. The molecular weight excluding hydrogens is 316 g/mol. The molecule has 4 rings (SSSR count). The Kier molecular flexibility index (Phi) is 4.25. The van der Waals surface area contributed by atoms with Crippen molar-refractivity contribution in [3.63, 3.8) is 0 Å². The number of rotatable bonds is 5. The molecule has 5 nitrogen and oxygen atoms in total. The molecule has 1 saturated carbocycles. The average molecular weight is 340 g/mol. The Morgan fingerprint density at radius 1 is 1.28 bits per heavy atom. The van der Waals surface area contributed by atoms with Gasteiger partial charge in [-0.05, 0) is 49.9 Å². The van der Waals surface area contributed by atoms with Crippen LogP contribution in [-0.2, 0) is 0 Å². The highest BCUT2D eigenvalue weighted by molar-refractivity contribution is 5.93. The summed E-state index contributed by atoms with van der Waals surface area (Å²) in [6.45, 7) is 2.90. The molecule has 1 amide bonds. The summed E-state index contributed by atoms with van der Waals surface area (Å²) in [7, 11) is 1.69. The van der Waals surface area contributed by atoms with Gasteiger partial charge in [0, 0.05) is 18.2 Å². The highest BCUT2D eigenvalue weighted by Gasteiger charge is 2.43. The molecule has 0 spiro atoms. The van der Waals surface area contributed by atoms with Gasteiger partial charge in [-0.3, -0.25) is 9.69 Å². The van der Waals surface area contributed by atoms with Crippen molar-refractivity contribution in [3.05, 3.63) is 53.5 Å². The van der Waals surface area contributed by atoms with Crippen LogP contribution in [0.15, 0.2) is 41.0 Å². The number of nitrogens with one attached hydrogen (secondary N) is 1. The Hall–Kier alpha value is -2.27. The minimum absolute atomic E-state index is 0.0738. The SMILES string of the molecule is COc1cccc([C@H]2[C@H](NC(=O)c3occc3C)CCN2C2CC2)c1. The van der Waals surface area contributed by atoms with Crippen molar-refractivity contribution in [2.24, 2.45) is 0 Å². The van der Waals surface area contributed by atoms with Gasteiger partial charge in [0.05, 0.1) is 25.5 Å². The van der Waals surface area contributed by atoms with E-state index in [0.29, 0.717) is 11.8 Å². The number of carbonyl (C=O) groups excluding carboxylic acids is 1. The zero-order valence-electron chi connectivity index (χ0n) is 14.7. The summed E-state index contributed by atoms with van der Waals surface area (Å²) in [4.78, 5) is 15.2. The second kappa shape index (κ2) is 6.56. The molecule has 1 aliphatic heterocycles. The van der Waals surface area contributed by atoms with Crippen molar-refractivity contribution in [1.29, 1.82) is 0 Å². The lowest BCUT2D eigenvalue weighted by molar-refractivity contribution is 0.0894. The summed E-state index contributed by atoms with van der Waals surface area (Å²) in [5.74, 6) is 1.14. The number of benzene rings is 1. The molecule has 0 radical (unpaired) electrons. The molecule has 132 valence electrons. The van der Waals surface area contributed by atoms with Crippen molar-refractivity contribution in [3.8, 4) is 5.75 Å². The van der Waals surface area contributed by atoms with Crippen molar-refractivity contribution in [2.45, 2.75) is 44.3 Å². The molecule has 1 saturated heterocycles. The van der Waals surface area contributed by atoms with Crippen LogP contribution < -0.4 is 10.1 Å². The molecular formula is C20H24N2O3. The van der Waals surface area contributed by atoms with E-state index in [2.05, 4.69) is 22.3 Å². The highest BCUT2D eigenvalue weighted by atomic mass is 16.5. The van der Waals surface area contributed by atoms with Crippen LogP contribution in [0.4, 0.5) is 0 Å². The minimum Gasteiger partial charge on any atom is -0.497 e. The Labute approximate surface area is 148 Å². The molecule has 25 heavy (non-hydrogen) atoms. The van der Waals surface area contributed by atoms with Crippen molar-refractivity contribution in [1.82, 2.24) is 10.2 Å². The van der Waals surface area contributed by atoms with E-state index in [4.69, 9.17) is 9.15 Å². The normalized spacial score (nSPS) is 23.6. The van der Waals surface area contributed by atoms with Crippen molar-refractivity contribution >= 4 is 5.91 Å². The van der Waals surface area contributed by atoms with E-state index in [0.717, 1.165) is 24.3 Å². The van der Waals surface area contributed by atoms with Gasteiger partial charge in [-0.2, -0.15) is 0 Å². The molecule has 1 aliphatic carbocycles. The van der Waals surface area contributed by atoms with Crippen LogP contribution in [-0.4, -0.2) is 36.5 Å². The molecule has 2 aliphatic rings. The second-order valence-corrected chi connectivity index (χ2v) is 6.99. The zero-order chi connectivity index (χ0) is 17.4. The molecule has 2 heterocycles. The Morgan fingerprint density at radius 3 is 2.80 bits per heavy atom. The summed E-state index contributed by atoms with van der Waals surface area (Å²) >= 11 is 0. The van der Waals surface area contributed by atoms with Crippen LogP contribution >= 0.6 is 0 Å². The predicted molar refractivity (Wildman–Crippen MR) is 94.8 cm³/mol. The van der Waals surface area contributed by atoms with Crippen molar-refractivity contribution in [2.75, 3.05) is 13.7 Å². The second-order valence-electron chi connectivity index (χ2n) is 6.99. The lowest BCUT2D eigenvalue weighted by atomic mass is 9.99. The number of furan rings is 1. The first-order valence-corrected chi connectivity index (χ1v) is 8.92. The van der Waals surface area contributed by atoms with E-state index < -0.39 is 0 Å². The van der Waals surface area contributed by atoms with E-state index in [-0.39, 0.29) is 18.0 Å². The summed E-state index contributed by atoms with van der Waals surface area (Å²) in [6, 6.07) is 10.9. The van der Waals surface area contributed by atoms with E-state index in [1.54, 1.807) is 13.4 Å². The summed E-state index contributed by atoms with van der Waals surface area (Å²) in [5.41, 5.74) is 2.07. The van der Waals surface area contributed by atoms with Crippen LogP contribution in [0.1, 0.15) is 47.0 Å². The lowest BCUT2D eigenvalue weighted by Gasteiger charge is -2.29. The van der Waals surface area contributed by atoms with E-state index in [1.807, 2.05) is 25.1 Å². The molecule has 1 aromatic heterocycles. The number of carbonyl (C=O) groups is 1. The summed E-state index contributed by atoms with van der Waals surface area (Å²) in [5, 5.41) is 3.21. The Bertz CT molecular complexity index is 766. The maximum Gasteiger partial charge on any atom is 0.287 e. The maximum absolute atomic E-state index is 12.6. The van der Waals surface area contributed by atoms with Gasteiger partial charge in [-0.15, -0.1) is 0 Å². The third-order valence-electron chi connectivity index (χ3n) is 5.27. The zero-order valence-corrected chi connectivity index (χ0v) is 14.7. The number of methoxy groups -OCH3 is 1. The van der Waals surface area contributed by atoms with Crippen LogP contribution in [0.3, 0.4) is 0 Å². The van der Waals surface area contributed by atoms with Gasteiger partial charge >= 0.3 is 0 Å². The summed E-state index contributed by atoms with van der Waals surface area (Å²) in [6.07, 6.45) is 5.01. The summed E-state index contributed by atoms with van der Waals surface area (Å²) < 4.78 is 10.8. The quantitative estimate of drug-likeness (QED) is 0.907. The number of hydrogen-bond acceptors (Lipinski definition) is 4. The van der Waals surface area contributed by atoms with Crippen molar-refractivity contribution < 1.29 is 13.9 Å². The standard InChI is InChI=1S/C20H24N2O3/c1-13-9-11-25-19(13)20(23)21-17-8-10-22(15-6-7-15)18(17)14-4-3-5-16(12-14)24-2/h3-5,9,11-12,15,17-18H,6-8,10H2,1-2H3,(H,21,23)/t17-,18+/m1/s1. The van der Waals surface area contributed by atoms with E-state index in [1.165, 1.54) is 18.4 Å². The maximum atomic E-state index is 12.6. The third kappa shape index (κ3) is 3.16. The first kappa shape index (κ1) is 16.2.